The van der Waals surface area contributed by atoms with Gasteiger partial charge in [-0.05, 0) is 29.8 Å². The van der Waals surface area contributed by atoms with E-state index in [1.807, 2.05) is 60.8 Å². The van der Waals surface area contributed by atoms with Gasteiger partial charge in [0.1, 0.15) is 0 Å². The van der Waals surface area contributed by atoms with Crippen molar-refractivity contribution in [3.05, 3.63) is 65.2 Å². The zero-order valence-corrected chi connectivity index (χ0v) is 8.85. The normalized spacial score (nSPS) is 10.7. The zero-order chi connectivity index (χ0) is 10.5. The van der Waals surface area contributed by atoms with Crippen molar-refractivity contribution in [1.29, 1.82) is 0 Å². The highest BCUT2D eigenvalue weighted by Gasteiger charge is 1.88. The van der Waals surface area contributed by atoms with Crippen LogP contribution in [0.4, 0.5) is 5.69 Å². The van der Waals surface area contributed by atoms with Crippen LogP contribution in [0.15, 0.2) is 59.6 Å². The van der Waals surface area contributed by atoms with Gasteiger partial charge in [0.2, 0.25) is 0 Å². The largest absolute Gasteiger partial charge is 0.256 e. The average molecular weight is 216 g/mol. The van der Waals surface area contributed by atoms with Crippen molar-refractivity contribution in [3.63, 3.8) is 0 Å². The van der Waals surface area contributed by atoms with Gasteiger partial charge in [0.05, 0.1) is 5.69 Å². The molecule has 0 unspecified atom stereocenters. The molecule has 0 amide bonds. The first kappa shape index (κ1) is 9.94. The number of rotatable bonds is 2. The fourth-order valence-electron chi connectivity index (χ4n) is 1.21. The van der Waals surface area contributed by atoms with Gasteiger partial charge in [-0.3, -0.25) is 4.99 Å². The van der Waals surface area contributed by atoms with Gasteiger partial charge in [0.15, 0.2) is 0 Å². The molecular weight excluding hydrogens is 206 g/mol. The SMILES string of the molecule is Clc1ccc(C=Nc2ccccc2)cc1. The lowest BCUT2D eigenvalue weighted by Gasteiger charge is -1.94. The van der Waals surface area contributed by atoms with Gasteiger partial charge in [-0.2, -0.15) is 0 Å². The highest BCUT2D eigenvalue weighted by Crippen LogP contribution is 2.11. The molecule has 2 aromatic carbocycles. The van der Waals surface area contributed by atoms with Crippen LogP contribution in [0.1, 0.15) is 5.56 Å². The van der Waals surface area contributed by atoms with Gasteiger partial charge >= 0.3 is 0 Å². The summed E-state index contributed by atoms with van der Waals surface area (Å²) in [5, 5.41) is 0.742. The van der Waals surface area contributed by atoms with Crippen LogP contribution in [0, 0.1) is 0 Å². The highest BCUT2D eigenvalue weighted by molar-refractivity contribution is 6.30. The molecule has 2 heteroatoms. The van der Waals surface area contributed by atoms with Crippen molar-refractivity contribution in [2.45, 2.75) is 0 Å². The lowest BCUT2D eigenvalue weighted by Crippen LogP contribution is -1.78. The van der Waals surface area contributed by atoms with E-state index in [0.717, 1.165) is 16.3 Å². The van der Waals surface area contributed by atoms with Gasteiger partial charge in [-0.15, -0.1) is 0 Å². The second kappa shape index (κ2) is 4.76. The summed E-state index contributed by atoms with van der Waals surface area (Å²) in [7, 11) is 0. The van der Waals surface area contributed by atoms with Crippen LogP contribution in [0.2, 0.25) is 5.02 Å². The number of para-hydroxylation sites is 1. The fourth-order valence-corrected chi connectivity index (χ4v) is 1.34. The topological polar surface area (TPSA) is 12.4 Å². The van der Waals surface area contributed by atoms with E-state index in [-0.39, 0.29) is 0 Å². The summed E-state index contributed by atoms with van der Waals surface area (Å²) < 4.78 is 0. The molecule has 0 spiro atoms. The molecular formula is C13H10ClN. The van der Waals surface area contributed by atoms with Crippen LogP contribution in [-0.2, 0) is 0 Å². The Balaban J connectivity index is 2.15. The van der Waals surface area contributed by atoms with Crippen LogP contribution in [-0.4, -0.2) is 6.21 Å². The van der Waals surface area contributed by atoms with Crippen molar-refractivity contribution in [2.75, 3.05) is 0 Å². The third-order valence-electron chi connectivity index (χ3n) is 1.99. The molecule has 15 heavy (non-hydrogen) atoms. The smallest absolute Gasteiger partial charge is 0.0629 e. The van der Waals surface area contributed by atoms with Crippen molar-refractivity contribution in [2.24, 2.45) is 4.99 Å². The van der Waals surface area contributed by atoms with Gasteiger partial charge in [0.25, 0.3) is 0 Å². The van der Waals surface area contributed by atoms with E-state index < -0.39 is 0 Å². The van der Waals surface area contributed by atoms with E-state index in [9.17, 15) is 0 Å². The van der Waals surface area contributed by atoms with Gasteiger partial charge in [-0.1, -0.05) is 41.9 Å². The minimum atomic E-state index is 0.742. The minimum absolute atomic E-state index is 0.742. The summed E-state index contributed by atoms with van der Waals surface area (Å²) in [4.78, 5) is 4.34. The first-order valence-electron chi connectivity index (χ1n) is 4.69. The first-order chi connectivity index (χ1) is 7.34. The molecule has 0 heterocycles. The maximum absolute atomic E-state index is 5.78. The summed E-state index contributed by atoms with van der Waals surface area (Å²) in [5.74, 6) is 0. The molecule has 0 bridgehead atoms. The molecule has 2 rings (SSSR count). The molecule has 1 nitrogen and oxygen atoms in total. The summed E-state index contributed by atoms with van der Waals surface area (Å²) in [6, 6.07) is 17.4. The highest BCUT2D eigenvalue weighted by atomic mass is 35.5. The van der Waals surface area contributed by atoms with Gasteiger partial charge < -0.3 is 0 Å². The van der Waals surface area contributed by atoms with E-state index in [1.54, 1.807) is 0 Å². The maximum Gasteiger partial charge on any atom is 0.0629 e. The molecule has 0 aliphatic heterocycles. The quantitative estimate of drug-likeness (QED) is 0.669. The molecule has 0 N–H and O–H groups in total. The number of nitrogens with zero attached hydrogens (tertiary/aromatic N) is 1. The van der Waals surface area contributed by atoms with Crippen LogP contribution in [0.5, 0.6) is 0 Å². The van der Waals surface area contributed by atoms with Crippen molar-refractivity contribution in [3.8, 4) is 0 Å². The van der Waals surface area contributed by atoms with E-state index >= 15 is 0 Å². The van der Waals surface area contributed by atoms with E-state index in [0.29, 0.717) is 0 Å². The summed E-state index contributed by atoms with van der Waals surface area (Å²) in [6.07, 6.45) is 1.83. The number of hydrogen-bond acceptors (Lipinski definition) is 1. The molecule has 0 saturated heterocycles. The van der Waals surface area contributed by atoms with Crippen molar-refractivity contribution >= 4 is 23.5 Å². The van der Waals surface area contributed by atoms with Gasteiger partial charge in [-0.25, -0.2) is 0 Å². The molecule has 0 saturated carbocycles. The van der Waals surface area contributed by atoms with E-state index in [1.165, 1.54) is 0 Å². The lowest BCUT2D eigenvalue weighted by atomic mass is 10.2. The third kappa shape index (κ3) is 2.93. The Morgan fingerprint density at radius 3 is 2.20 bits per heavy atom. The standard InChI is InChI=1S/C13H10ClN/c14-12-8-6-11(7-9-12)10-15-13-4-2-1-3-5-13/h1-10H. The predicted octanol–water partition coefficient (Wildman–Crippen LogP) is 4.09. The number of aliphatic imine (C=N–C) groups is 1. The lowest BCUT2D eigenvalue weighted by molar-refractivity contribution is 1.53. The molecule has 0 atom stereocenters. The Morgan fingerprint density at radius 1 is 0.867 bits per heavy atom. The number of hydrogen-bond donors (Lipinski definition) is 0. The Labute approximate surface area is 94.1 Å². The molecule has 2 aromatic rings. The van der Waals surface area contributed by atoms with E-state index in [2.05, 4.69) is 4.99 Å². The number of benzene rings is 2. The second-order valence-corrected chi connectivity index (χ2v) is 3.58. The molecule has 0 radical (unpaired) electrons. The Morgan fingerprint density at radius 2 is 1.53 bits per heavy atom. The van der Waals surface area contributed by atoms with Crippen molar-refractivity contribution in [1.82, 2.24) is 0 Å². The predicted molar refractivity (Wildman–Crippen MR) is 65.1 cm³/mol. The molecule has 0 aliphatic carbocycles. The monoisotopic (exact) mass is 215 g/mol. The molecule has 0 aromatic heterocycles. The Hall–Kier alpha value is -1.60. The van der Waals surface area contributed by atoms with Crippen LogP contribution < -0.4 is 0 Å². The second-order valence-electron chi connectivity index (χ2n) is 3.15. The number of halogens is 1. The van der Waals surface area contributed by atoms with Crippen LogP contribution in [0.25, 0.3) is 0 Å². The minimum Gasteiger partial charge on any atom is -0.256 e. The Bertz CT molecular complexity index is 446. The molecule has 74 valence electrons. The van der Waals surface area contributed by atoms with E-state index in [4.69, 9.17) is 11.6 Å². The molecule has 0 fully saturated rings. The van der Waals surface area contributed by atoms with Crippen molar-refractivity contribution < 1.29 is 0 Å². The average Bonchev–Trinajstić information content (AvgIpc) is 2.30. The fraction of sp³-hybridized carbons (Fsp3) is 0. The van der Waals surface area contributed by atoms with Gasteiger partial charge in [0, 0.05) is 11.2 Å². The summed E-state index contributed by atoms with van der Waals surface area (Å²) in [5.41, 5.74) is 2.00. The third-order valence-corrected chi connectivity index (χ3v) is 2.24. The molecule has 0 aliphatic rings. The maximum atomic E-state index is 5.78. The zero-order valence-electron chi connectivity index (χ0n) is 8.10. The summed E-state index contributed by atoms with van der Waals surface area (Å²) >= 11 is 5.78. The van der Waals surface area contributed by atoms with Crippen LogP contribution in [0.3, 0.4) is 0 Å². The first-order valence-corrected chi connectivity index (χ1v) is 5.07. The van der Waals surface area contributed by atoms with Crippen LogP contribution >= 0.6 is 11.6 Å². The Kier molecular flexibility index (Phi) is 3.15. The summed E-state index contributed by atoms with van der Waals surface area (Å²) in [6.45, 7) is 0.